The maximum absolute atomic E-state index is 13.0. The van der Waals surface area contributed by atoms with Gasteiger partial charge in [0.05, 0.1) is 17.8 Å². The largest absolute Gasteiger partial charge is 0.466 e. The van der Waals surface area contributed by atoms with Gasteiger partial charge in [-0.3, -0.25) is 4.79 Å². The van der Waals surface area contributed by atoms with Crippen LogP contribution in [0.2, 0.25) is 0 Å². The monoisotopic (exact) mass is 383 g/mol. The van der Waals surface area contributed by atoms with Gasteiger partial charge in [-0.1, -0.05) is 0 Å². The Morgan fingerprint density at radius 3 is 2.68 bits per heavy atom. The Hall–Kier alpha value is -2.34. The van der Waals surface area contributed by atoms with Gasteiger partial charge in [0.1, 0.15) is 17.3 Å². The van der Waals surface area contributed by atoms with Crippen LogP contribution in [0.1, 0.15) is 53.8 Å². The second-order valence-corrected chi connectivity index (χ2v) is 8.66. The van der Waals surface area contributed by atoms with Crippen LogP contribution in [-0.2, 0) is 17.8 Å². The molecular weight excluding hydrogens is 354 g/mol. The maximum atomic E-state index is 13.0. The van der Waals surface area contributed by atoms with Crippen LogP contribution < -0.4 is 4.90 Å². The zero-order chi connectivity index (χ0) is 20.1. The van der Waals surface area contributed by atoms with E-state index in [1.165, 1.54) is 11.1 Å². The zero-order valence-electron chi connectivity index (χ0n) is 17.4. The molecule has 0 N–H and O–H groups in total. The minimum atomic E-state index is -0.134. The van der Waals surface area contributed by atoms with Crippen LogP contribution in [0, 0.1) is 13.8 Å². The molecule has 2 aromatic heterocycles. The highest BCUT2D eigenvalue weighted by Crippen LogP contribution is 2.30. The van der Waals surface area contributed by atoms with Crippen LogP contribution in [0.5, 0.6) is 0 Å². The first-order valence-corrected chi connectivity index (χ1v) is 9.98. The number of hydrogen-bond acceptors (Lipinski definition) is 5. The Balaban J connectivity index is 1.49. The molecule has 0 spiro atoms. The number of fused-ring (bicyclic) bond motifs is 1. The zero-order valence-corrected chi connectivity index (χ0v) is 17.4. The first-order chi connectivity index (χ1) is 13.2. The number of amides is 1. The van der Waals surface area contributed by atoms with Gasteiger partial charge in [0.25, 0.3) is 5.91 Å². The number of aromatic nitrogens is 1. The predicted molar refractivity (Wildman–Crippen MR) is 108 cm³/mol. The lowest BCUT2D eigenvalue weighted by atomic mass is 9.93. The van der Waals surface area contributed by atoms with Crippen LogP contribution in [0.3, 0.4) is 0 Å². The summed E-state index contributed by atoms with van der Waals surface area (Å²) in [6.07, 6.45) is 2.84. The highest BCUT2D eigenvalue weighted by molar-refractivity contribution is 5.95. The Morgan fingerprint density at radius 2 is 2.00 bits per heavy atom. The van der Waals surface area contributed by atoms with Crippen molar-refractivity contribution >= 4 is 11.7 Å². The number of rotatable bonds is 2. The van der Waals surface area contributed by atoms with E-state index in [-0.39, 0.29) is 17.6 Å². The number of anilines is 1. The first-order valence-electron chi connectivity index (χ1n) is 9.98. The molecule has 0 bridgehead atoms. The molecule has 0 aromatic carbocycles. The fourth-order valence-corrected chi connectivity index (χ4v) is 4.23. The van der Waals surface area contributed by atoms with Crippen LogP contribution >= 0.6 is 0 Å². The van der Waals surface area contributed by atoms with Gasteiger partial charge < -0.3 is 19.0 Å². The molecule has 2 aliphatic heterocycles. The van der Waals surface area contributed by atoms with E-state index in [0.29, 0.717) is 24.5 Å². The van der Waals surface area contributed by atoms with Crippen molar-refractivity contribution in [1.29, 1.82) is 0 Å². The Kier molecular flexibility index (Phi) is 4.70. The number of furan rings is 1. The standard InChI is InChI=1S/C22H29N3O3/c1-14-12-24(6-7-25(14)21(26)19-8-15(2)28-16(19)3)20-9-17-10-22(4,5)27-13-18(17)11-23-20/h8-9,11,14H,6-7,10,12-13H2,1-5H3/t14-/m1/s1. The van der Waals surface area contributed by atoms with E-state index in [1.807, 2.05) is 31.0 Å². The molecule has 4 rings (SSSR count). The van der Waals surface area contributed by atoms with Crippen molar-refractivity contribution in [3.8, 4) is 0 Å². The second-order valence-electron chi connectivity index (χ2n) is 8.66. The molecule has 1 saturated heterocycles. The van der Waals surface area contributed by atoms with Gasteiger partial charge in [-0.25, -0.2) is 4.98 Å². The van der Waals surface area contributed by atoms with Crippen molar-refractivity contribution in [1.82, 2.24) is 9.88 Å². The van der Waals surface area contributed by atoms with Gasteiger partial charge in [0.15, 0.2) is 0 Å². The number of nitrogens with zero attached hydrogens (tertiary/aromatic N) is 3. The summed E-state index contributed by atoms with van der Waals surface area (Å²) in [6, 6.07) is 4.15. The summed E-state index contributed by atoms with van der Waals surface area (Å²) in [7, 11) is 0. The molecule has 0 unspecified atom stereocenters. The van der Waals surface area contributed by atoms with Crippen molar-refractivity contribution in [2.24, 2.45) is 0 Å². The molecule has 1 amide bonds. The smallest absolute Gasteiger partial charge is 0.257 e. The SMILES string of the molecule is Cc1cc(C(=O)N2CCN(c3cc4c(cn3)COC(C)(C)C4)C[C@H]2C)c(C)o1. The van der Waals surface area contributed by atoms with E-state index in [9.17, 15) is 4.79 Å². The molecule has 6 nitrogen and oxygen atoms in total. The number of carbonyl (C=O) groups excluding carboxylic acids is 1. The lowest BCUT2D eigenvalue weighted by molar-refractivity contribution is -0.0402. The normalized spacial score (nSPS) is 21.5. The number of pyridine rings is 1. The topological polar surface area (TPSA) is 58.8 Å². The minimum absolute atomic E-state index is 0.0544. The number of ether oxygens (including phenoxy) is 1. The number of hydrogen-bond donors (Lipinski definition) is 0. The molecule has 0 radical (unpaired) electrons. The number of carbonyl (C=O) groups is 1. The van der Waals surface area contributed by atoms with Gasteiger partial charge in [-0.2, -0.15) is 0 Å². The van der Waals surface area contributed by atoms with Gasteiger partial charge in [-0.15, -0.1) is 0 Å². The van der Waals surface area contributed by atoms with Crippen LogP contribution in [0.15, 0.2) is 22.7 Å². The van der Waals surface area contributed by atoms with Crippen LogP contribution in [-0.4, -0.2) is 47.1 Å². The van der Waals surface area contributed by atoms with Crippen LogP contribution in [0.4, 0.5) is 5.82 Å². The van der Waals surface area contributed by atoms with Crippen molar-refractivity contribution in [3.63, 3.8) is 0 Å². The summed E-state index contributed by atoms with van der Waals surface area (Å²) in [5.41, 5.74) is 3.03. The number of piperazine rings is 1. The quantitative estimate of drug-likeness (QED) is 0.794. The summed E-state index contributed by atoms with van der Waals surface area (Å²) in [6.45, 7) is 12.9. The van der Waals surface area contributed by atoms with Gasteiger partial charge in [0.2, 0.25) is 0 Å². The third-order valence-electron chi connectivity index (χ3n) is 5.79. The molecule has 150 valence electrons. The second kappa shape index (κ2) is 6.92. The molecular formula is C22H29N3O3. The van der Waals surface area contributed by atoms with E-state index in [2.05, 4.69) is 36.7 Å². The Morgan fingerprint density at radius 1 is 1.21 bits per heavy atom. The van der Waals surface area contributed by atoms with Gasteiger partial charge in [-0.05, 0) is 57.9 Å². The Labute approximate surface area is 166 Å². The summed E-state index contributed by atoms with van der Waals surface area (Å²) in [5.74, 6) is 2.51. The molecule has 0 saturated carbocycles. The lowest BCUT2D eigenvalue weighted by Crippen LogP contribution is -2.54. The summed E-state index contributed by atoms with van der Waals surface area (Å²) in [4.78, 5) is 21.9. The van der Waals surface area contributed by atoms with Gasteiger partial charge >= 0.3 is 0 Å². The van der Waals surface area contributed by atoms with E-state index < -0.39 is 0 Å². The predicted octanol–water partition coefficient (Wildman–Crippen LogP) is 3.49. The lowest BCUT2D eigenvalue weighted by Gasteiger charge is -2.41. The highest BCUT2D eigenvalue weighted by Gasteiger charge is 2.31. The molecule has 6 heteroatoms. The summed E-state index contributed by atoms with van der Waals surface area (Å²) < 4.78 is 11.4. The molecule has 28 heavy (non-hydrogen) atoms. The third-order valence-corrected chi connectivity index (χ3v) is 5.79. The molecule has 2 aliphatic rings. The van der Waals surface area contributed by atoms with E-state index >= 15 is 0 Å². The van der Waals surface area contributed by atoms with Crippen LogP contribution in [0.25, 0.3) is 0 Å². The highest BCUT2D eigenvalue weighted by atomic mass is 16.5. The third kappa shape index (κ3) is 3.53. The fourth-order valence-electron chi connectivity index (χ4n) is 4.23. The average molecular weight is 383 g/mol. The van der Waals surface area contributed by atoms with E-state index in [4.69, 9.17) is 9.15 Å². The van der Waals surface area contributed by atoms with Crippen molar-refractivity contribution in [2.45, 2.75) is 59.3 Å². The average Bonchev–Trinajstić information content (AvgIpc) is 2.98. The van der Waals surface area contributed by atoms with Gasteiger partial charge in [0, 0.05) is 38.3 Å². The van der Waals surface area contributed by atoms with Crippen molar-refractivity contribution in [2.75, 3.05) is 24.5 Å². The molecule has 4 heterocycles. The minimum Gasteiger partial charge on any atom is -0.466 e. The summed E-state index contributed by atoms with van der Waals surface area (Å²) in [5, 5.41) is 0. The molecule has 2 aromatic rings. The summed E-state index contributed by atoms with van der Waals surface area (Å²) >= 11 is 0. The Bertz CT molecular complexity index is 902. The first kappa shape index (κ1) is 19.0. The van der Waals surface area contributed by atoms with Crippen molar-refractivity contribution in [3.05, 3.63) is 46.5 Å². The number of aryl methyl sites for hydroxylation is 2. The molecule has 1 atom stereocenters. The molecule has 1 fully saturated rings. The van der Waals surface area contributed by atoms with E-state index in [0.717, 1.165) is 31.1 Å². The molecule has 0 aliphatic carbocycles. The fraction of sp³-hybridized carbons (Fsp3) is 0.545. The van der Waals surface area contributed by atoms with E-state index in [1.54, 1.807) is 0 Å². The van der Waals surface area contributed by atoms with Crippen molar-refractivity contribution < 1.29 is 13.9 Å². The maximum Gasteiger partial charge on any atom is 0.257 e.